The van der Waals surface area contributed by atoms with E-state index in [-0.39, 0.29) is 0 Å². The Labute approximate surface area is 120 Å². The zero-order chi connectivity index (χ0) is 14.1. The summed E-state index contributed by atoms with van der Waals surface area (Å²) < 4.78 is 0. The molecule has 0 aromatic carbocycles. The second-order valence-corrected chi connectivity index (χ2v) is 5.50. The van der Waals surface area contributed by atoms with Gasteiger partial charge in [0, 0.05) is 24.1 Å². The molecule has 102 valence electrons. The Kier molecular flexibility index (Phi) is 7.04. The van der Waals surface area contributed by atoms with Crippen molar-refractivity contribution in [2.45, 2.75) is 27.2 Å². The summed E-state index contributed by atoms with van der Waals surface area (Å²) in [4.78, 5) is 5.87. The first-order valence-electron chi connectivity index (χ1n) is 6.33. The van der Waals surface area contributed by atoms with E-state index in [0.717, 1.165) is 24.1 Å². The van der Waals surface area contributed by atoms with Crippen LogP contribution in [0, 0.1) is 0 Å². The normalized spacial score (nSPS) is 18.1. The molecule has 0 atom stereocenters. The Morgan fingerprint density at radius 1 is 1.47 bits per heavy atom. The summed E-state index contributed by atoms with van der Waals surface area (Å²) in [5.41, 5.74) is 3.47. The van der Waals surface area contributed by atoms with Crippen molar-refractivity contribution < 1.29 is 5.11 Å². The van der Waals surface area contributed by atoms with Gasteiger partial charge in [0.15, 0.2) is 0 Å². The minimum atomic E-state index is 0.770. The molecule has 1 aliphatic heterocycles. The molecule has 1 N–H and O–H groups in total. The first-order chi connectivity index (χ1) is 9.17. The second-order valence-electron chi connectivity index (χ2n) is 4.28. The fourth-order valence-corrected chi connectivity index (χ4v) is 2.55. The number of aliphatic hydroxyl groups excluding tert-OH is 1. The molecule has 1 aliphatic rings. The lowest BCUT2D eigenvalue weighted by Gasteiger charge is -2.12. The molecular formula is C16H21NOS. The van der Waals surface area contributed by atoms with Crippen molar-refractivity contribution in [1.29, 1.82) is 0 Å². The van der Waals surface area contributed by atoms with Crippen LogP contribution in [0.5, 0.6) is 0 Å². The van der Waals surface area contributed by atoms with Crippen molar-refractivity contribution in [1.82, 2.24) is 0 Å². The number of rotatable bonds is 5. The summed E-state index contributed by atoms with van der Waals surface area (Å²) >= 11 is 1.84. The predicted molar refractivity (Wildman–Crippen MR) is 86.7 cm³/mol. The van der Waals surface area contributed by atoms with E-state index in [9.17, 15) is 0 Å². The first kappa shape index (κ1) is 15.6. The minimum absolute atomic E-state index is 0.770. The average Bonchev–Trinajstić information content (AvgIpc) is 2.39. The number of aliphatic imine (C=N–C) groups is 1. The Morgan fingerprint density at radius 3 is 2.89 bits per heavy atom. The number of aliphatic hydroxyl groups is 1. The Hall–Kier alpha value is -1.48. The van der Waals surface area contributed by atoms with Crippen LogP contribution in [0.15, 0.2) is 63.4 Å². The predicted octanol–water partition coefficient (Wildman–Crippen LogP) is 4.95. The maximum absolute atomic E-state index is 8.71. The lowest BCUT2D eigenvalue weighted by Crippen LogP contribution is -1.98. The highest BCUT2D eigenvalue weighted by molar-refractivity contribution is 8.03. The summed E-state index contributed by atoms with van der Waals surface area (Å²) in [5.74, 6) is 0.977. The molecule has 0 fully saturated rings. The van der Waals surface area contributed by atoms with Crippen molar-refractivity contribution >= 4 is 18.0 Å². The summed E-state index contributed by atoms with van der Waals surface area (Å²) in [6, 6.07) is 0. The van der Waals surface area contributed by atoms with E-state index in [1.54, 1.807) is 6.08 Å². The molecule has 0 spiro atoms. The Balaban J connectivity index is 2.84. The zero-order valence-electron chi connectivity index (χ0n) is 11.8. The lowest BCUT2D eigenvalue weighted by molar-refractivity contribution is 0.473. The van der Waals surface area contributed by atoms with E-state index in [1.165, 1.54) is 16.1 Å². The highest BCUT2D eigenvalue weighted by atomic mass is 32.2. The van der Waals surface area contributed by atoms with Gasteiger partial charge in [-0.25, -0.2) is 0 Å². The summed E-state index contributed by atoms with van der Waals surface area (Å²) in [6.07, 6.45) is 13.4. The van der Waals surface area contributed by atoms with Crippen LogP contribution in [0.4, 0.5) is 0 Å². The van der Waals surface area contributed by atoms with Crippen LogP contribution in [-0.2, 0) is 0 Å². The van der Waals surface area contributed by atoms with Crippen LogP contribution < -0.4 is 0 Å². The molecule has 0 saturated heterocycles. The Bertz CT molecular complexity index is 479. The highest BCUT2D eigenvalue weighted by Gasteiger charge is 2.06. The molecule has 0 aliphatic carbocycles. The van der Waals surface area contributed by atoms with Gasteiger partial charge in [0.05, 0.1) is 6.26 Å². The van der Waals surface area contributed by atoms with Crippen molar-refractivity contribution in [3.05, 3.63) is 58.4 Å². The third-order valence-electron chi connectivity index (χ3n) is 2.71. The van der Waals surface area contributed by atoms with E-state index in [0.29, 0.717) is 0 Å². The molecule has 1 rings (SSSR count). The molecule has 0 aromatic rings. The van der Waals surface area contributed by atoms with Gasteiger partial charge in [-0.05, 0) is 55.1 Å². The molecular weight excluding hydrogens is 254 g/mol. The third-order valence-corrected chi connectivity index (χ3v) is 3.73. The molecule has 0 bridgehead atoms. The maximum atomic E-state index is 8.71. The third kappa shape index (κ3) is 5.79. The van der Waals surface area contributed by atoms with E-state index in [1.807, 2.05) is 37.1 Å². The molecule has 1 heterocycles. The monoisotopic (exact) mass is 275 g/mol. The number of hydrogen-bond donors (Lipinski definition) is 1. The van der Waals surface area contributed by atoms with Gasteiger partial charge in [0.2, 0.25) is 0 Å². The van der Waals surface area contributed by atoms with Crippen LogP contribution in [0.2, 0.25) is 0 Å². The molecule has 3 heteroatoms. The van der Waals surface area contributed by atoms with Crippen LogP contribution in [0.25, 0.3) is 0 Å². The number of nitrogens with zero attached hydrogens (tertiary/aromatic N) is 1. The van der Waals surface area contributed by atoms with Gasteiger partial charge in [-0.2, -0.15) is 0 Å². The standard InChI is InChI=1S/C16H21NOS/c1-4-5-7-16(8-6-9-18)17-11-15-12-19-14(3)10-13(15)2/h4-6,8-11,18H,7,12H2,1-3H3/b5-4-,9-6+,16-8+,17-11+. The van der Waals surface area contributed by atoms with Crippen LogP contribution in [0.1, 0.15) is 27.2 Å². The van der Waals surface area contributed by atoms with Crippen LogP contribution in [0.3, 0.4) is 0 Å². The molecule has 0 unspecified atom stereocenters. The lowest BCUT2D eigenvalue weighted by atomic mass is 10.1. The van der Waals surface area contributed by atoms with Crippen LogP contribution in [-0.4, -0.2) is 17.1 Å². The number of thioether (sulfide) groups is 1. The van der Waals surface area contributed by atoms with Crippen molar-refractivity contribution in [3.8, 4) is 0 Å². The maximum Gasteiger partial charge on any atom is 0.0792 e. The van der Waals surface area contributed by atoms with Crippen LogP contribution >= 0.6 is 11.8 Å². The van der Waals surface area contributed by atoms with Gasteiger partial charge >= 0.3 is 0 Å². The van der Waals surface area contributed by atoms with Crippen molar-refractivity contribution in [2.24, 2.45) is 4.99 Å². The molecule has 0 saturated carbocycles. The highest BCUT2D eigenvalue weighted by Crippen LogP contribution is 2.26. The topological polar surface area (TPSA) is 32.6 Å². The van der Waals surface area contributed by atoms with E-state index >= 15 is 0 Å². The molecule has 0 aromatic heterocycles. The fourth-order valence-electron chi connectivity index (χ4n) is 1.60. The Morgan fingerprint density at radius 2 is 2.26 bits per heavy atom. The van der Waals surface area contributed by atoms with E-state index in [2.05, 4.69) is 31.0 Å². The summed E-state index contributed by atoms with van der Waals surface area (Å²) in [7, 11) is 0. The number of allylic oxidation sites excluding steroid dienone is 7. The smallest absolute Gasteiger partial charge is 0.0792 e. The van der Waals surface area contributed by atoms with Gasteiger partial charge in [-0.15, -0.1) is 11.8 Å². The largest absolute Gasteiger partial charge is 0.516 e. The van der Waals surface area contributed by atoms with Gasteiger partial charge in [-0.3, -0.25) is 4.99 Å². The summed E-state index contributed by atoms with van der Waals surface area (Å²) in [5, 5.41) is 8.71. The van der Waals surface area contributed by atoms with Gasteiger partial charge in [0.25, 0.3) is 0 Å². The quantitative estimate of drug-likeness (QED) is 0.333. The summed E-state index contributed by atoms with van der Waals surface area (Å²) in [6.45, 7) is 6.24. The van der Waals surface area contributed by atoms with Crippen molar-refractivity contribution in [2.75, 3.05) is 5.75 Å². The zero-order valence-corrected chi connectivity index (χ0v) is 12.6. The van der Waals surface area contributed by atoms with E-state index in [4.69, 9.17) is 5.11 Å². The minimum Gasteiger partial charge on any atom is -0.516 e. The molecule has 0 radical (unpaired) electrons. The molecule has 2 nitrogen and oxygen atoms in total. The first-order valence-corrected chi connectivity index (χ1v) is 7.32. The van der Waals surface area contributed by atoms with Gasteiger partial charge < -0.3 is 5.11 Å². The van der Waals surface area contributed by atoms with Crippen molar-refractivity contribution in [3.63, 3.8) is 0 Å². The van der Waals surface area contributed by atoms with Gasteiger partial charge in [-0.1, -0.05) is 12.2 Å². The van der Waals surface area contributed by atoms with E-state index < -0.39 is 0 Å². The fraction of sp³-hybridized carbons (Fsp3) is 0.312. The molecule has 0 amide bonds. The SMILES string of the molecule is C/C=C\CC(=C\C=C\O)/N=C/C1=C(C)C=C(C)SC1. The second kappa shape index (κ2) is 8.59. The number of hydrogen-bond acceptors (Lipinski definition) is 3. The van der Waals surface area contributed by atoms with Gasteiger partial charge in [0.1, 0.15) is 0 Å². The average molecular weight is 275 g/mol. The molecule has 19 heavy (non-hydrogen) atoms.